The number of carboxylic acid groups (broad SMARTS) is 1. The van der Waals surface area contributed by atoms with E-state index in [9.17, 15) is 28.7 Å². The molecule has 0 aliphatic rings. The number of nitrogens with one attached hydrogen (secondary N) is 3. The zero-order chi connectivity index (χ0) is 23.1. The highest BCUT2D eigenvalue weighted by atomic mass is 19.1. The van der Waals surface area contributed by atoms with E-state index in [1.54, 1.807) is 26.0 Å². The highest BCUT2D eigenvalue weighted by Crippen LogP contribution is 2.17. The molecule has 0 heterocycles. The zero-order valence-corrected chi connectivity index (χ0v) is 17.0. The first-order chi connectivity index (χ1) is 14.6. The lowest BCUT2D eigenvalue weighted by molar-refractivity contribution is -0.139. The van der Waals surface area contributed by atoms with Gasteiger partial charge in [0.2, 0.25) is 0 Å². The Morgan fingerprint density at radius 2 is 1.68 bits per heavy atom. The van der Waals surface area contributed by atoms with Crippen LogP contribution in [0.1, 0.15) is 37.4 Å². The number of primary amides is 1. The van der Waals surface area contributed by atoms with Crippen LogP contribution in [0, 0.1) is 19.7 Å². The maximum Gasteiger partial charge on any atom is 0.328 e. The molecule has 0 spiro atoms. The van der Waals surface area contributed by atoms with Crippen LogP contribution in [-0.4, -0.2) is 41.5 Å². The third-order valence-electron chi connectivity index (χ3n) is 4.45. The van der Waals surface area contributed by atoms with Crippen LogP contribution in [0.3, 0.4) is 0 Å². The Morgan fingerprint density at radius 3 is 2.23 bits per heavy atom. The summed E-state index contributed by atoms with van der Waals surface area (Å²) in [7, 11) is 0. The molecule has 6 N–H and O–H groups in total. The molecule has 0 radical (unpaired) electrons. The van der Waals surface area contributed by atoms with Crippen molar-refractivity contribution in [1.82, 2.24) is 16.0 Å². The Morgan fingerprint density at radius 1 is 1.03 bits per heavy atom. The summed E-state index contributed by atoms with van der Waals surface area (Å²) in [5.41, 5.74) is 6.96. The second-order valence-electron chi connectivity index (χ2n) is 6.91. The quantitative estimate of drug-likeness (QED) is 0.427. The fourth-order valence-electron chi connectivity index (χ4n) is 3.02. The van der Waals surface area contributed by atoms with Crippen molar-refractivity contribution in [3.05, 3.63) is 70.0 Å². The highest BCUT2D eigenvalue weighted by molar-refractivity contribution is 6.01. The molecule has 0 aliphatic heterocycles. The van der Waals surface area contributed by atoms with Gasteiger partial charge in [-0.25, -0.2) is 14.0 Å². The molecule has 2 rings (SSSR count). The number of benzene rings is 2. The summed E-state index contributed by atoms with van der Waals surface area (Å²) in [6.07, 6.45) is 0. The van der Waals surface area contributed by atoms with Gasteiger partial charge in [-0.2, -0.15) is 0 Å². The molecule has 31 heavy (non-hydrogen) atoms. The number of halogens is 1. The average molecular weight is 430 g/mol. The van der Waals surface area contributed by atoms with Gasteiger partial charge in [0, 0.05) is 17.7 Å². The first-order valence-electron chi connectivity index (χ1n) is 9.29. The number of carbonyl (C=O) groups is 4. The number of hydrogen-bond acceptors (Lipinski definition) is 4. The van der Waals surface area contributed by atoms with E-state index in [0.29, 0.717) is 22.3 Å². The molecule has 0 unspecified atom stereocenters. The van der Waals surface area contributed by atoms with E-state index in [2.05, 4.69) is 16.0 Å². The zero-order valence-electron chi connectivity index (χ0n) is 17.0. The Kier molecular flexibility index (Phi) is 7.67. The lowest BCUT2D eigenvalue weighted by Gasteiger charge is -2.17. The lowest BCUT2D eigenvalue weighted by atomic mass is 9.98. The van der Waals surface area contributed by atoms with Gasteiger partial charge in [-0.3, -0.25) is 9.59 Å². The molecular formula is C21H23FN4O5. The summed E-state index contributed by atoms with van der Waals surface area (Å²) in [5.74, 6) is -2.82. The van der Waals surface area contributed by atoms with E-state index in [1.807, 2.05) is 0 Å². The van der Waals surface area contributed by atoms with Crippen LogP contribution >= 0.6 is 0 Å². The minimum Gasteiger partial charge on any atom is -0.480 e. The van der Waals surface area contributed by atoms with Crippen LogP contribution in [-0.2, 0) is 11.3 Å². The molecule has 0 saturated heterocycles. The Balaban J connectivity index is 2.13. The van der Waals surface area contributed by atoms with E-state index in [4.69, 9.17) is 5.73 Å². The van der Waals surface area contributed by atoms with E-state index >= 15 is 0 Å². The van der Waals surface area contributed by atoms with Crippen LogP contribution in [0.25, 0.3) is 0 Å². The Labute approximate surface area is 177 Å². The molecule has 9 nitrogen and oxygen atoms in total. The Hall–Kier alpha value is -3.95. The van der Waals surface area contributed by atoms with Crippen LogP contribution < -0.4 is 21.7 Å². The molecule has 0 aliphatic carbocycles. The lowest BCUT2D eigenvalue weighted by Crippen LogP contribution is -2.49. The maximum atomic E-state index is 13.3. The van der Waals surface area contributed by atoms with Crippen LogP contribution in [0.5, 0.6) is 0 Å². The molecule has 4 amide bonds. The summed E-state index contributed by atoms with van der Waals surface area (Å²) < 4.78 is 13.3. The number of carboxylic acids is 1. The smallest absolute Gasteiger partial charge is 0.328 e. The number of hydrogen-bond donors (Lipinski definition) is 5. The third-order valence-corrected chi connectivity index (χ3v) is 4.45. The van der Waals surface area contributed by atoms with Gasteiger partial charge < -0.3 is 26.8 Å². The Bertz CT molecular complexity index is 1000. The van der Waals surface area contributed by atoms with Crippen molar-refractivity contribution in [1.29, 1.82) is 0 Å². The van der Waals surface area contributed by atoms with Crippen molar-refractivity contribution < 1.29 is 28.7 Å². The van der Waals surface area contributed by atoms with Gasteiger partial charge in [0.1, 0.15) is 11.9 Å². The monoisotopic (exact) mass is 430 g/mol. The van der Waals surface area contributed by atoms with Crippen LogP contribution in [0.2, 0.25) is 0 Å². The van der Waals surface area contributed by atoms with Crippen molar-refractivity contribution in [2.24, 2.45) is 5.73 Å². The molecule has 1 atom stereocenters. The number of carbonyl (C=O) groups excluding carboxylic acids is 3. The van der Waals surface area contributed by atoms with Gasteiger partial charge in [0.25, 0.3) is 11.8 Å². The third kappa shape index (κ3) is 6.53. The molecule has 164 valence electrons. The number of amides is 4. The summed E-state index contributed by atoms with van der Waals surface area (Å²) in [6.45, 7) is 2.98. The van der Waals surface area contributed by atoms with E-state index in [1.165, 1.54) is 24.3 Å². The molecule has 0 fully saturated rings. The predicted octanol–water partition coefficient (Wildman–Crippen LogP) is 1.22. The van der Waals surface area contributed by atoms with Gasteiger partial charge in [-0.05, 0) is 54.8 Å². The molecule has 2 aromatic rings. The van der Waals surface area contributed by atoms with E-state index in [-0.39, 0.29) is 18.7 Å². The number of aliphatic carboxylic acids is 1. The fourth-order valence-corrected chi connectivity index (χ4v) is 3.02. The van der Waals surface area contributed by atoms with Gasteiger partial charge >= 0.3 is 12.0 Å². The minimum absolute atomic E-state index is 0.129. The molecule has 10 heteroatoms. The predicted molar refractivity (Wildman–Crippen MR) is 110 cm³/mol. The molecule has 0 bridgehead atoms. The summed E-state index contributed by atoms with van der Waals surface area (Å²) >= 11 is 0. The second kappa shape index (κ2) is 10.2. The SMILES string of the molecule is Cc1cc(C(=O)NCc2cccc(F)c2)cc(C)c1C(=O)N[C@@H](CNC(N)=O)C(=O)O. The highest BCUT2D eigenvalue weighted by Gasteiger charge is 2.23. The van der Waals surface area contributed by atoms with Gasteiger partial charge in [0.15, 0.2) is 0 Å². The number of urea groups is 1. The average Bonchev–Trinajstić information content (AvgIpc) is 2.68. The summed E-state index contributed by atoms with van der Waals surface area (Å²) in [5, 5.41) is 16.4. The van der Waals surface area contributed by atoms with E-state index < -0.39 is 35.7 Å². The maximum absolute atomic E-state index is 13.3. The van der Waals surface area contributed by atoms with Crippen molar-refractivity contribution in [2.45, 2.75) is 26.4 Å². The normalized spacial score (nSPS) is 11.3. The number of rotatable bonds is 8. The second-order valence-corrected chi connectivity index (χ2v) is 6.91. The molecular weight excluding hydrogens is 407 g/mol. The van der Waals surface area contributed by atoms with Crippen LogP contribution in [0.4, 0.5) is 9.18 Å². The fraction of sp³-hybridized carbons (Fsp3) is 0.238. The van der Waals surface area contributed by atoms with Crippen molar-refractivity contribution in [2.75, 3.05) is 6.54 Å². The first kappa shape index (κ1) is 23.3. The largest absolute Gasteiger partial charge is 0.480 e. The van der Waals surface area contributed by atoms with Crippen molar-refractivity contribution in [3.63, 3.8) is 0 Å². The van der Waals surface area contributed by atoms with Gasteiger partial charge in [0.05, 0.1) is 6.54 Å². The van der Waals surface area contributed by atoms with Crippen LogP contribution in [0.15, 0.2) is 36.4 Å². The van der Waals surface area contributed by atoms with E-state index in [0.717, 1.165) is 0 Å². The molecule has 2 aromatic carbocycles. The van der Waals surface area contributed by atoms with Gasteiger partial charge in [-0.1, -0.05) is 12.1 Å². The first-order valence-corrected chi connectivity index (χ1v) is 9.29. The number of nitrogens with two attached hydrogens (primary N) is 1. The van der Waals surface area contributed by atoms with Gasteiger partial charge in [-0.15, -0.1) is 0 Å². The van der Waals surface area contributed by atoms with Crippen molar-refractivity contribution >= 4 is 23.8 Å². The standard InChI is InChI=1S/C21H23FN4O5/c1-11-6-14(18(27)24-9-13-4-3-5-15(22)8-13)7-12(2)17(11)19(28)26-16(20(29)30)10-25-21(23)31/h3-8,16H,9-10H2,1-2H3,(H,24,27)(H,26,28)(H,29,30)(H3,23,25,31)/t16-/m0/s1. The minimum atomic E-state index is -1.38. The summed E-state index contributed by atoms with van der Waals surface area (Å²) in [6, 6.07) is 6.55. The molecule has 0 saturated carbocycles. The topological polar surface area (TPSA) is 151 Å². The molecule has 0 aromatic heterocycles. The van der Waals surface area contributed by atoms with Crippen molar-refractivity contribution in [3.8, 4) is 0 Å². The number of aryl methyl sites for hydroxylation is 2. The summed E-state index contributed by atoms with van der Waals surface area (Å²) in [4.78, 5) is 47.2.